The van der Waals surface area contributed by atoms with Crippen LogP contribution in [0.25, 0.3) is 5.69 Å². The van der Waals surface area contributed by atoms with Crippen molar-refractivity contribution in [1.29, 1.82) is 0 Å². The molecule has 0 aliphatic carbocycles. The first-order valence-corrected chi connectivity index (χ1v) is 14.6. The van der Waals surface area contributed by atoms with Gasteiger partial charge in [-0.15, -0.1) is 9.78 Å². The lowest BCUT2D eigenvalue weighted by atomic mass is 9.85. The van der Waals surface area contributed by atoms with Gasteiger partial charge in [0.25, 0.3) is 6.33 Å². The van der Waals surface area contributed by atoms with E-state index in [1.165, 1.54) is 37.8 Å². The second-order valence-electron chi connectivity index (χ2n) is 11.1. The third-order valence-corrected chi connectivity index (χ3v) is 8.15. The number of aliphatic hydroxyl groups is 1. The van der Waals surface area contributed by atoms with Crippen LogP contribution in [0.1, 0.15) is 25.3 Å². The lowest BCUT2D eigenvalue weighted by Crippen LogP contribution is -3.00. The van der Waals surface area contributed by atoms with Crippen LogP contribution in [0.15, 0.2) is 61.4 Å². The Labute approximate surface area is 284 Å². The number of tetrazole rings is 1. The average Bonchev–Trinajstić information content (AvgIpc) is 3.87. The van der Waals surface area contributed by atoms with E-state index in [0.29, 0.717) is 30.6 Å². The number of halogens is 3. The van der Waals surface area contributed by atoms with Gasteiger partial charge >= 0.3 is 12.2 Å². The van der Waals surface area contributed by atoms with E-state index in [9.17, 15) is 19.1 Å². The van der Waals surface area contributed by atoms with Crippen LogP contribution in [0.4, 0.5) is 24.1 Å². The molecule has 2 aromatic carbocycles. The minimum Gasteiger partial charge on any atom is -1.00 e. The maximum atomic E-state index is 15.2. The van der Waals surface area contributed by atoms with E-state index < -0.39 is 35.5 Å². The fourth-order valence-electron chi connectivity index (χ4n) is 5.62. The Morgan fingerprint density at radius 3 is 2.64 bits per heavy atom. The fraction of sp³-hybridized carbons (Fsp3) is 0.414. The predicted molar refractivity (Wildman–Crippen MR) is 152 cm³/mol. The standard InChI is InChI=1S/C29H32F2N9O6.HI/c1-20(38-10-11-39(27(38)41)22-5-7-23(8-6-22)40-16-32-34-35-40)29(43,25-9-4-21(30)13-26(25)31)15-37-18-36(17-33-37)19-46-28(42)45-14-24-3-2-12-44-24;/h4-9,13,16-18,20,24,43H,2-3,10-12,14-15,19H2,1H3;1H/q+1;/p-1/t20-,24?,29-;/m1./s1. The molecular weight excluding hydrogens is 735 g/mol. The Balaban J connectivity index is 0.00000433. The van der Waals surface area contributed by atoms with Crippen molar-refractivity contribution in [2.75, 3.05) is 31.2 Å². The number of carbonyl (C=O) groups is 2. The van der Waals surface area contributed by atoms with E-state index in [2.05, 4.69) is 20.6 Å². The van der Waals surface area contributed by atoms with E-state index in [-0.39, 0.29) is 62.1 Å². The monoisotopic (exact) mass is 767 g/mol. The van der Waals surface area contributed by atoms with Crippen LogP contribution in [0.5, 0.6) is 0 Å². The van der Waals surface area contributed by atoms with Gasteiger partial charge in [0.2, 0.25) is 13.1 Å². The Kier molecular flexibility index (Phi) is 10.6. The van der Waals surface area contributed by atoms with Gasteiger partial charge < -0.3 is 48.2 Å². The van der Waals surface area contributed by atoms with Crippen LogP contribution >= 0.6 is 0 Å². The van der Waals surface area contributed by atoms with Crippen molar-refractivity contribution >= 4 is 17.9 Å². The fourth-order valence-corrected chi connectivity index (χ4v) is 5.62. The van der Waals surface area contributed by atoms with Crippen molar-refractivity contribution in [3.8, 4) is 5.69 Å². The number of aromatic nitrogens is 7. The van der Waals surface area contributed by atoms with E-state index in [1.54, 1.807) is 36.1 Å². The predicted octanol–water partition coefficient (Wildman–Crippen LogP) is -1.06. The van der Waals surface area contributed by atoms with E-state index in [4.69, 9.17) is 14.2 Å². The van der Waals surface area contributed by atoms with Gasteiger partial charge in [-0.25, -0.2) is 23.1 Å². The summed E-state index contributed by atoms with van der Waals surface area (Å²) in [5.74, 6) is -1.79. The molecule has 2 fully saturated rings. The smallest absolute Gasteiger partial charge is 0.511 e. The molecule has 0 bridgehead atoms. The van der Waals surface area contributed by atoms with Crippen LogP contribution in [-0.4, -0.2) is 90.5 Å². The normalized spacial score (nSPS) is 18.1. The van der Waals surface area contributed by atoms with Crippen LogP contribution in [0.3, 0.4) is 0 Å². The van der Waals surface area contributed by atoms with Gasteiger partial charge in [0.15, 0.2) is 5.60 Å². The molecule has 250 valence electrons. The highest BCUT2D eigenvalue weighted by atomic mass is 127. The maximum Gasteiger partial charge on any atom is 0.511 e. The molecule has 2 saturated heterocycles. The Morgan fingerprint density at radius 2 is 1.94 bits per heavy atom. The van der Waals surface area contributed by atoms with Crippen molar-refractivity contribution in [2.24, 2.45) is 0 Å². The summed E-state index contributed by atoms with van der Waals surface area (Å²) < 4.78 is 49.0. The van der Waals surface area contributed by atoms with Gasteiger partial charge in [0, 0.05) is 37.0 Å². The number of hydrogen-bond donors (Lipinski definition) is 1. The zero-order chi connectivity index (χ0) is 32.3. The number of benzene rings is 2. The molecule has 4 aromatic rings. The highest BCUT2D eigenvalue weighted by Gasteiger charge is 2.48. The lowest BCUT2D eigenvalue weighted by molar-refractivity contribution is -0.765. The van der Waals surface area contributed by atoms with Crippen LogP contribution in [0.2, 0.25) is 0 Å². The van der Waals surface area contributed by atoms with Crippen LogP contribution in [0, 0.1) is 11.6 Å². The zero-order valence-electron chi connectivity index (χ0n) is 25.2. The summed E-state index contributed by atoms with van der Waals surface area (Å²) in [5.41, 5.74) is -0.965. The number of rotatable bonds is 11. The molecule has 0 radical (unpaired) electrons. The first-order chi connectivity index (χ1) is 22.2. The van der Waals surface area contributed by atoms with E-state index >= 15 is 4.39 Å². The largest absolute Gasteiger partial charge is 1.00 e. The molecule has 1 N–H and O–H groups in total. The Morgan fingerprint density at radius 1 is 1.15 bits per heavy atom. The topological polar surface area (TPSA) is 154 Å². The van der Waals surface area contributed by atoms with Gasteiger partial charge in [-0.1, -0.05) is 6.07 Å². The van der Waals surface area contributed by atoms with Crippen molar-refractivity contribution in [3.05, 3.63) is 78.6 Å². The first kappa shape index (κ1) is 34.0. The lowest BCUT2D eigenvalue weighted by Gasteiger charge is -2.38. The number of anilines is 1. The Bertz CT molecular complexity index is 1670. The quantitative estimate of drug-likeness (QED) is 0.114. The molecule has 15 nitrogen and oxygen atoms in total. The number of ether oxygens (including phenoxy) is 3. The van der Waals surface area contributed by atoms with Gasteiger partial charge in [0.05, 0.1) is 17.8 Å². The highest BCUT2D eigenvalue weighted by Crippen LogP contribution is 2.34. The first-order valence-electron chi connectivity index (χ1n) is 14.6. The molecule has 47 heavy (non-hydrogen) atoms. The average molecular weight is 768 g/mol. The number of amides is 2. The summed E-state index contributed by atoms with van der Waals surface area (Å²) >= 11 is 0. The van der Waals surface area contributed by atoms with Crippen molar-refractivity contribution in [1.82, 2.24) is 34.8 Å². The minimum atomic E-state index is -2.06. The summed E-state index contributed by atoms with van der Waals surface area (Å²) in [6.07, 6.45) is 4.93. The molecule has 3 atom stereocenters. The van der Waals surface area contributed by atoms with E-state index in [1.807, 2.05) is 0 Å². The summed E-state index contributed by atoms with van der Waals surface area (Å²) in [5, 5.41) is 27.5. The van der Waals surface area contributed by atoms with Crippen LogP contribution < -0.4 is 33.6 Å². The second-order valence-corrected chi connectivity index (χ2v) is 11.1. The molecular formula is C29H32F2IN9O6. The molecule has 2 aliphatic heterocycles. The minimum absolute atomic E-state index is 0. The second kappa shape index (κ2) is 14.6. The molecule has 2 aliphatic rings. The zero-order valence-corrected chi connectivity index (χ0v) is 27.4. The molecule has 6 rings (SSSR count). The molecule has 0 spiro atoms. The van der Waals surface area contributed by atoms with Crippen LogP contribution in [-0.2, 0) is 33.1 Å². The van der Waals surface area contributed by atoms with Crippen molar-refractivity contribution < 1.29 is 66.3 Å². The molecule has 18 heteroatoms. The van der Waals surface area contributed by atoms with Gasteiger partial charge in [-0.3, -0.25) is 4.90 Å². The Hall–Kier alpha value is -4.30. The number of hydrogen-bond acceptors (Lipinski definition) is 10. The maximum absolute atomic E-state index is 15.2. The summed E-state index contributed by atoms with van der Waals surface area (Å²) in [4.78, 5) is 28.7. The highest BCUT2D eigenvalue weighted by molar-refractivity contribution is 5.94. The molecule has 2 aromatic heterocycles. The summed E-state index contributed by atoms with van der Waals surface area (Å²) in [6.45, 7) is 2.28. The summed E-state index contributed by atoms with van der Waals surface area (Å²) in [7, 11) is 0. The van der Waals surface area contributed by atoms with Gasteiger partial charge in [-0.2, -0.15) is 4.57 Å². The van der Waals surface area contributed by atoms with Gasteiger partial charge in [0.1, 0.15) is 31.1 Å². The molecule has 2 amide bonds. The van der Waals surface area contributed by atoms with Gasteiger partial charge in [-0.05, 0) is 65.6 Å². The third-order valence-electron chi connectivity index (χ3n) is 8.15. The number of nitrogens with zero attached hydrogens (tertiary/aromatic N) is 9. The van der Waals surface area contributed by atoms with Crippen molar-refractivity contribution in [3.63, 3.8) is 0 Å². The van der Waals surface area contributed by atoms with Crippen molar-refractivity contribution in [2.45, 2.75) is 50.8 Å². The SMILES string of the molecule is C[C@@H](N1CCN(c2ccc(-n3cnnn3)cc2)C1=O)[C@](O)(C[n+]1cn(COC(=O)OCC2CCCO2)cn1)c1ccc(F)cc1F.[I-]. The molecule has 4 heterocycles. The number of urea groups is 1. The van der Waals surface area contributed by atoms with E-state index in [0.717, 1.165) is 25.0 Å². The third kappa shape index (κ3) is 7.49. The molecule has 1 unspecified atom stereocenters. The molecule has 0 saturated carbocycles. The number of carbonyl (C=O) groups excluding carboxylic acids is 2. The summed E-state index contributed by atoms with van der Waals surface area (Å²) in [6, 6.07) is 8.49.